The van der Waals surface area contributed by atoms with Gasteiger partial charge in [0.2, 0.25) is 16.8 Å². The van der Waals surface area contributed by atoms with Gasteiger partial charge in [-0.3, -0.25) is 4.79 Å². The molecule has 2 aliphatic rings. The van der Waals surface area contributed by atoms with Gasteiger partial charge in [0.15, 0.2) is 0 Å². The summed E-state index contributed by atoms with van der Waals surface area (Å²) >= 11 is 0. The van der Waals surface area contributed by atoms with Gasteiger partial charge in [-0.1, -0.05) is 0 Å². The topological polar surface area (TPSA) is 100 Å². The summed E-state index contributed by atoms with van der Waals surface area (Å²) in [5.74, 6) is -0.868. The molecule has 168 valence electrons. The third kappa shape index (κ3) is 4.87. The Bertz CT molecular complexity index is 858. The largest absolute Gasteiger partial charge is 0.460 e. The average molecular weight is 442 g/mol. The molecule has 1 amide bonds. The Morgan fingerprint density at radius 1 is 1.17 bits per heavy atom. The summed E-state index contributed by atoms with van der Waals surface area (Å²) in [6.07, 6.45) is 3.03. The molecule has 0 aromatic carbocycles. The summed E-state index contributed by atoms with van der Waals surface area (Å²) in [7, 11) is 0.207. The summed E-state index contributed by atoms with van der Waals surface area (Å²) in [5, 5.41) is -0.278. The number of carbonyl (C=O) groups excluding carboxylic acids is 2. The number of ether oxygens (including phenoxy) is 1. The lowest BCUT2D eigenvalue weighted by atomic mass is 9.94. The van der Waals surface area contributed by atoms with Crippen LogP contribution in [0.3, 0.4) is 0 Å². The van der Waals surface area contributed by atoms with Crippen molar-refractivity contribution in [2.45, 2.75) is 43.7 Å². The first-order valence-corrected chi connectivity index (χ1v) is 11.9. The van der Waals surface area contributed by atoms with Crippen LogP contribution in [-0.2, 0) is 19.6 Å². The standard InChI is InChI=1S/C20H31N3O6S/c1-4-28-20(25)17-7-8-18(29-17)30(26,27)23-12-9-15(10-13-23)19(24)22-11-5-6-16(14-22)21(2)3/h7-8,15-16H,4-6,9-14H2,1-3H3. The number of nitrogens with zero attached hydrogens (tertiary/aromatic N) is 3. The molecule has 2 fully saturated rings. The third-order valence-corrected chi connectivity index (χ3v) is 7.67. The highest BCUT2D eigenvalue weighted by Crippen LogP contribution is 2.27. The van der Waals surface area contributed by atoms with Gasteiger partial charge in [0.05, 0.1) is 6.61 Å². The van der Waals surface area contributed by atoms with E-state index in [1.54, 1.807) is 6.92 Å². The minimum Gasteiger partial charge on any atom is -0.460 e. The fourth-order valence-corrected chi connectivity index (χ4v) is 5.46. The van der Waals surface area contributed by atoms with Crippen molar-refractivity contribution < 1.29 is 27.2 Å². The van der Waals surface area contributed by atoms with E-state index in [0.717, 1.165) is 25.9 Å². The van der Waals surface area contributed by atoms with Crippen LogP contribution in [0.4, 0.5) is 0 Å². The number of hydrogen-bond donors (Lipinski definition) is 0. The van der Waals surface area contributed by atoms with Crippen LogP contribution in [0.15, 0.2) is 21.6 Å². The summed E-state index contributed by atoms with van der Waals surface area (Å²) in [6.45, 7) is 3.83. The molecule has 1 atom stereocenters. The first-order valence-electron chi connectivity index (χ1n) is 10.5. The number of hydrogen-bond acceptors (Lipinski definition) is 7. The molecule has 1 aromatic rings. The predicted octanol–water partition coefficient (Wildman–Crippen LogP) is 1.41. The number of piperidine rings is 2. The molecular formula is C20H31N3O6S. The lowest BCUT2D eigenvalue weighted by Gasteiger charge is -2.39. The zero-order chi connectivity index (χ0) is 21.9. The lowest BCUT2D eigenvalue weighted by Crippen LogP contribution is -2.51. The average Bonchev–Trinajstić information content (AvgIpc) is 3.25. The van der Waals surface area contributed by atoms with E-state index in [-0.39, 0.29) is 42.4 Å². The van der Waals surface area contributed by atoms with E-state index in [9.17, 15) is 18.0 Å². The maximum atomic E-state index is 13.0. The molecule has 1 unspecified atom stereocenters. The van der Waals surface area contributed by atoms with Crippen LogP contribution < -0.4 is 0 Å². The SMILES string of the molecule is CCOC(=O)c1ccc(S(=O)(=O)N2CCC(C(=O)N3CCCC(N(C)C)C3)CC2)o1. The van der Waals surface area contributed by atoms with E-state index in [2.05, 4.69) is 4.90 Å². The molecule has 0 saturated carbocycles. The Labute approximate surface area is 178 Å². The van der Waals surface area contributed by atoms with E-state index in [1.165, 1.54) is 16.4 Å². The van der Waals surface area contributed by atoms with E-state index in [1.807, 2.05) is 19.0 Å². The van der Waals surface area contributed by atoms with Crippen molar-refractivity contribution in [3.8, 4) is 0 Å². The molecule has 30 heavy (non-hydrogen) atoms. The molecule has 2 saturated heterocycles. The smallest absolute Gasteiger partial charge is 0.374 e. The minimum atomic E-state index is -3.86. The second kappa shape index (κ2) is 9.49. The maximum Gasteiger partial charge on any atom is 0.374 e. The van der Waals surface area contributed by atoms with Gasteiger partial charge < -0.3 is 19.0 Å². The lowest BCUT2D eigenvalue weighted by molar-refractivity contribution is -0.138. The maximum absolute atomic E-state index is 13.0. The van der Waals surface area contributed by atoms with Gasteiger partial charge in [0, 0.05) is 38.1 Å². The van der Waals surface area contributed by atoms with Gasteiger partial charge in [-0.05, 0) is 58.8 Å². The van der Waals surface area contributed by atoms with Crippen LogP contribution in [-0.4, -0.2) is 87.3 Å². The monoisotopic (exact) mass is 441 g/mol. The predicted molar refractivity (Wildman–Crippen MR) is 109 cm³/mol. The summed E-state index contributed by atoms with van der Waals surface area (Å²) < 4.78 is 37.1. The number of furan rings is 1. The quantitative estimate of drug-likeness (QED) is 0.615. The molecule has 0 bridgehead atoms. The van der Waals surface area contributed by atoms with Crippen LogP contribution >= 0.6 is 0 Å². The van der Waals surface area contributed by atoms with Crippen LogP contribution in [0.1, 0.15) is 43.2 Å². The van der Waals surface area contributed by atoms with Crippen LogP contribution in [0, 0.1) is 5.92 Å². The zero-order valence-electron chi connectivity index (χ0n) is 17.9. The third-order valence-electron chi connectivity index (χ3n) is 5.89. The van der Waals surface area contributed by atoms with Gasteiger partial charge in [0.25, 0.3) is 10.0 Å². The molecule has 0 spiro atoms. The Morgan fingerprint density at radius 3 is 2.50 bits per heavy atom. The number of rotatable bonds is 6. The molecule has 3 heterocycles. The van der Waals surface area contributed by atoms with Crippen LogP contribution in [0.5, 0.6) is 0 Å². The van der Waals surface area contributed by atoms with Crippen LogP contribution in [0.25, 0.3) is 0 Å². The molecule has 10 heteroatoms. The van der Waals surface area contributed by atoms with Crippen molar-refractivity contribution in [3.63, 3.8) is 0 Å². The number of likely N-dealkylation sites (tertiary alicyclic amines) is 1. The number of esters is 1. The fourth-order valence-electron chi connectivity index (χ4n) is 4.08. The molecule has 0 radical (unpaired) electrons. The van der Waals surface area contributed by atoms with Crippen molar-refractivity contribution in [2.75, 3.05) is 46.9 Å². The van der Waals surface area contributed by atoms with E-state index < -0.39 is 16.0 Å². The zero-order valence-corrected chi connectivity index (χ0v) is 18.7. The van der Waals surface area contributed by atoms with Crippen molar-refractivity contribution in [1.29, 1.82) is 0 Å². The fraction of sp³-hybridized carbons (Fsp3) is 0.700. The molecule has 0 N–H and O–H groups in total. The number of carbonyl (C=O) groups is 2. The Balaban J connectivity index is 1.59. The highest BCUT2D eigenvalue weighted by Gasteiger charge is 2.36. The van der Waals surface area contributed by atoms with Crippen molar-refractivity contribution in [2.24, 2.45) is 5.92 Å². The minimum absolute atomic E-state index is 0.126. The first kappa shape index (κ1) is 22.8. The molecule has 3 rings (SSSR count). The molecule has 9 nitrogen and oxygen atoms in total. The second-order valence-corrected chi connectivity index (χ2v) is 9.93. The van der Waals surface area contributed by atoms with Crippen molar-refractivity contribution in [1.82, 2.24) is 14.1 Å². The van der Waals surface area contributed by atoms with E-state index in [0.29, 0.717) is 18.9 Å². The summed E-state index contributed by atoms with van der Waals surface area (Å²) in [6, 6.07) is 2.95. The number of amides is 1. The Morgan fingerprint density at radius 2 is 1.87 bits per heavy atom. The van der Waals surface area contributed by atoms with E-state index >= 15 is 0 Å². The van der Waals surface area contributed by atoms with Gasteiger partial charge in [-0.15, -0.1) is 0 Å². The van der Waals surface area contributed by atoms with Crippen molar-refractivity contribution >= 4 is 21.9 Å². The van der Waals surface area contributed by atoms with Gasteiger partial charge >= 0.3 is 5.97 Å². The van der Waals surface area contributed by atoms with E-state index in [4.69, 9.17) is 9.15 Å². The summed E-state index contributed by atoms with van der Waals surface area (Å²) in [4.78, 5) is 28.8. The second-order valence-electron chi connectivity index (χ2n) is 8.06. The molecule has 0 aliphatic carbocycles. The Kier molecular flexibility index (Phi) is 7.20. The van der Waals surface area contributed by atoms with Crippen LogP contribution in [0.2, 0.25) is 0 Å². The highest BCUT2D eigenvalue weighted by molar-refractivity contribution is 7.89. The van der Waals surface area contributed by atoms with Gasteiger partial charge in [0.1, 0.15) is 0 Å². The number of likely N-dealkylation sites (N-methyl/N-ethyl adjacent to an activating group) is 1. The molecule has 1 aromatic heterocycles. The normalized spacial score (nSPS) is 21.7. The first-order chi connectivity index (χ1) is 14.2. The summed E-state index contributed by atoms with van der Waals surface area (Å²) in [5.41, 5.74) is 0. The Hall–Kier alpha value is -1.91. The van der Waals surface area contributed by atoms with Gasteiger partial charge in [-0.2, -0.15) is 4.31 Å². The molecule has 2 aliphatic heterocycles. The highest BCUT2D eigenvalue weighted by atomic mass is 32.2. The molecular weight excluding hydrogens is 410 g/mol. The number of sulfonamides is 1. The van der Waals surface area contributed by atoms with Crippen molar-refractivity contribution in [3.05, 3.63) is 17.9 Å². The van der Waals surface area contributed by atoms with Gasteiger partial charge in [-0.25, -0.2) is 13.2 Å².